The second-order valence-corrected chi connectivity index (χ2v) is 11.4. The van der Waals surface area contributed by atoms with Crippen LogP contribution in [0.25, 0.3) is 0 Å². The maximum atomic E-state index is 13.6. The van der Waals surface area contributed by atoms with Crippen molar-refractivity contribution < 1.29 is 28.8 Å². The molecule has 5 amide bonds. The highest BCUT2D eigenvalue weighted by molar-refractivity contribution is 6.37. The summed E-state index contributed by atoms with van der Waals surface area (Å²) in [4.78, 5) is 75.9. The fourth-order valence-electron chi connectivity index (χ4n) is 4.29. The number of hydrogen-bond acceptors (Lipinski definition) is 6. The Morgan fingerprint density at radius 1 is 0.944 bits per heavy atom. The Balaban J connectivity index is 2.10. The molecule has 1 saturated heterocycles. The summed E-state index contributed by atoms with van der Waals surface area (Å²) < 4.78 is 0. The second-order valence-electron chi connectivity index (χ2n) is 11.4. The molecule has 5 N–H and O–H groups in total. The first kappa shape index (κ1) is 29.3. The lowest BCUT2D eigenvalue weighted by Crippen LogP contribution is -2.60. The van der Waals surface area contributed by atoms with E-state index in [0.717, 1.165) is 12.8 Å². The molecule has 1 aliphatic carbocycles. The number of nitrogens with one attached hydrogen (secondary N) is 3. The fraction of sp³-hybridized carbons (Fsp3) is 0.760. The number of ketones is 2. The minimum atomic E-state index is -1.15. The Hall–Kier alpha value is -2.98. The van der Waals surface area contributed by atoms with E-state index >= 15 is 0 Å². The quantitative estimate of drug-likeness (QED) is 0.299. The van der Waals surface area contributed by atoms with E-state index < -0.39 is 53.1 Å². The predicted octanol–water partition coefficient (Wildman–Crippen LogP) is 0.644. The van der Waals surface area contributed by atoms with E-state index in [1.54, 1.807) is 0 Å². The smallest absolute Gasteiger partial charge is 0.315 e. The maximum absolute atomic E-state index is 13.6. The molecule has 1 aliphatic heterocycles. The largest absolute Gasteiger partial charge is 0.363 e. The predicted molar refractivity (Wildman–Crippen MR) is 132 cm³/mol. The van der Waals surface area contributed by atoms with Crippen molar-refractivity contribution in [1.82, 2.24) is 20.9 Å². The van der Waals surface area contributed by atoms with E-state index in [4.69, 9.17) is 5.73 Å². The molecule has 11 heteroatoms. The molecule has 2 aliphatic rings. The zero-order valence-corrected chi connectivity index (χ0v) is 22.2. The summed E-state index contributed by atoms with van der Waals surface area (Å²) in [5.41, 5.74) is 4.33. The second kappa shape index (κ2) is 11.8. The number of rotatable bonds is 11. The molecule has 11 nitrogen and oxygen atoms in total. The van der Waals surface area contributed by atoms with Crippen molar-refractivity contribution in [2.24, 2.45) is 23.0 Å². The minimum Gasteiger partial charge on any atom is -0.363 e. The average Bonchev–Trinajstić information content (AvgIpc) is 3.51. The molecule has 4 unspecified atom stereocenters. The first-order chi connectivity index (χ1) is 16.6. The lowest BCUT2D eigenvalue weighted by atomic mass is 9.85. The van der Waals surface area contributed by atoms with E-state index in [1.165, 1.54) is 11.8 Å². The van der Waals surface area contributed by atoms with Crippen LogP contribution in [-0.2, 0) is 24.0 Å². The third kappa shape index (κ3) is 7.76. The van der Waals surface area contributed by atoms with E-state index in [0.29, 0.717) is 19.4 Å². The highest BCUT2D eigenvalue weighted by Gasteiger charge is 2.42. The number of Topliss-reactive ketones (excluding diaryl/α,β-unsaturated/α-hetero) is 2. The maximum Gasteiger partial charge on any atom is 0.315 e. The molecule has 4 atom stereocenters. The van der Waals surface area contributed by atoms with Crippen molar-refractivity contribution in [3.05, 3.63) is 0 Å². The van der Waals surface area contributed by atoms with Gasteiger partial charge in [0.1, 0.15) is 17.9 Å². The molecular weight excluding hydrogens is 466 g/mol. The summed E-state index contributed by atoms with van der Waals surface area (Å²) in [6.07, 6.45) is 3.01. The van der Waals surface area contributed by atoms with Gasteiger partial charge in [0.25, 0.3) is 5.91 Å². The summed E-state index contributed by atoms with van der Waals surface area (Å²) in [7, 11) is 0. The summed E-state index contributed by atoms with van der Waals surface area (Å²) in [6, 6.07) is -3.80. The normalized spacial score (nSPS) is 20.3. The van der Waals surface area contributed by atoms with Gasteiger partial charge in [0.2, 0.25) is 17.6 Å². The molecule has 0 radical (unpaired) electrons. The molecule has 36 heavy (non-hydrogen) atoms. The number of primary amides is 1. The van der Waals surface area contributed by atoms with Crippen LogP contribution in [0.3, 0.4) is 0 Å². The first-order valence-corrected chi connectivity index (χ1v) is 12.7. The third-order valence-corrected chi connectivity index (χ3v) is 6.80. The molecule has 2 fully saturated rings. The van der Waals surface area contributed by atoms with Crippen molar-refractivity contribution >= 4 is 35.3 Å². The van der Waals surface area contributed by atoms with Gasteiger partial charge in [-0.3, -0.25) is 24.0 Å². The zero-order valence-electron chi connectivity index (χ0n) is 22.2. The SMILES string of the molecule is CC(NC(=O)C1CCCN1C(=O)C(NC(=O)NC(CC(=O)C1CC1)C(C)C)C(C)(C)C)C(=O)C(N)=O. The standard InChI is InChI=1S/C25H41N5O6/c1-13(2)16(12-18(31)15-9-10-15)28-24(36)29-20(25(4,5)6)23(35)30-11-7-8-17(30)22(34)27-14(3)19(32)21(26)33/h13-17,20H,7-12H2,1-6H3,(H2,26,33)(H,27,34)(H2,28,29,36). The van der Waals surface area contributed by atoms with Gasteiger partial charge in [-0.25, -0.2) is 4.79 Å². The van der Waals surface area contributed by atoms with Gasteiger partial charge >= 0.3 is 6.03 Å². The van der Waals surface area contributed by atoms with Crippen LogP contribution in [0.2, 0.25) is 0 Å². The minimum absolute atomic E-state index is 0.0269. The van der Waals surface area contributed by atoms with Crippen LogP contribution in [0.5, 0.6) is 0 Å². The van der Waals surface area contributed by atoms with E-state index in [2.05, 4.69) is 16.0 Å². The van der Waals surface area contributed by atoms with Crippen molar-refractivity contribution in [2.45, 2.75) is 97.8 Å². The zero-order chi connectivity index (χ0) is 27.4. The number of urea groups is 1. The van der Waals surface area contributed by atoms with E-state index in [1.807, 2.05) is 34.6 Å². The van der Waals surface area contributed by atoms with Crippen LogP contribution in [-0.4, -0.2) is 70.9 Å². The summed E-state index contributed by atoms with van der Waals surface area (Å²) >= 11 is 0. The van der Waals surface area contributed by atoms with Gasteiger partial charge in [0, 0.05) is 24.9 Å². The average molecular weight is 508 g/mol. The Morgan fingerprint density at radius 2 is 1.56 bits per heavy atom. The van der Waals surface area contributed by atoms with Gasteiger partial charge < -0.3 is 26.6 Å². The van der Waals surface area contributed by atoms with Crippen LogP contribution < -0.4 is 21.7 Å². The number of nitrogens with zero attached hydrogens (tertiary/aromatic N) is 1. The van der Waals surface area contributed by atoms with Gasteiger partial charge in [0.15, 0.2) is 0 Å². The molecule has 2 rings (SSSR count). The van der Waals surface area contributed by atoms with Crippen molar-refractivity contribution in [2.75, 3.05) is 6.54 Å². The van der Waals surface area contributed by atoms with E-state index in [9.17, 15) is 28.8 Å². The number of nitrogens with two attached hydrogens (primary N) is 1. The van der Waals surface area contributed by atoms with Gasteiger partial charge in [-0.15, -0.1) is 0 Å². The van der Waals surface area contributed by atoms with Crippen LogP contribution in [0.4, 0.5) is 4.79 Å². The Bertz CT molecular complexity index is 892. The number of carbonyl (C=O) groups is 6. The van der Waals surface area contributed by atoms with Gasteiger partial charge in [-0.1, -0.05) is 34.6 Å². The Labute approximate surface area is 212 Å². The molecule has 0 bridgehead atoms. The Kier molecular flexibility index (Phi) is 9.62. The third-order valence-electron chi connectivity index (χ3n) is 6.80. The highest BCUT2D eigenvalue weighted by atomic mass is 16.2. The Morgan fingerprint density at radius 3 is 2.06 bits per heavy atom. The topological polar surface area (TPSA) is 168 Å². The molecule has 0 aromatic rings. The molecule has 0 aromatic heterocycles. The lowest BCUT2D eigenvalue weighted by molar-refractivity contribution is -0.143. The summed E-state index contributed by atoms with van der Waals surface area (Å²) in [5.74, 6) is -2.78. The van der Waals surface area contributed by atoms with Crippen LogP contribution in [0.15, 0.2) is 0 Å². The van der Waals surface area contributed by atoms with Crippen molar-refractivity contribution in [3.8, 4) is 0 Å². The van der Waals surface area contributed by atoms with Crippen LogP contribution >= 0.6 is 0 Å². The van der Waals surface area contributed by atoms with Gasteiger partial charge in [-0.2, -0.15) is 0 Å². The summed E-state index contributed by atoms with van der Waals surface area (Å²) in [5, 5.41) is 8.09. The molecule has 0 spiro atoms. The summed E-state index contributed by atoms with van der Waals surface area (Å²) in [6.45, 7) is 11.0. The van der Waals surface area contributed by atoms with Crippen molar-refractivity contribution in [3.63, 3.8) is 0 Å². The number of carbonyl (C=O) groups excluding carboxylic acids is 6. The van der Waals surface area contributed by atoms with E-state index in [-0.39, 0.29) is 30.1 Å². The monoisotopic (exact) mass is 507 g/mol. The molecule has 202 valence electrons. The number of amides is 5. The lowest BCUT2D eigenvalue weighted by Gasteiger charge is -2.36. The number of hydrogen-bond donors (Lipinski definition) is 4. The van der Waals surface area contributed by atoms with Gasteiger partial charge in [0.05, 0.1) is 6.04 Å². The molecule has 1 saturated carbocycles. The number of likely N-dealkylation sites (tertiary alicyclic amines) is 1. The molecule has 1 heterocycles. The van der Waals surface area contributed by atoms with Gasteiger partial charge in [-0.05, 0) is 43.9 Å². The first-order valence-electron chi connectivity index (χ1n) is 12.7. The van der Waals surface area contributed by atoms with Crippen LogP contribution in [0.1, 0.15) is 73.6 Å². The molecule has 0 aromatic carbocycles. The highest BCUT2D eigenvalue weighted by Crippen LogP contribution is 2.32. The van der Waals surface area contributed by atoms with Crippen molar-refractivity contribution in [1.29, 1.82) is 0 Å². The molecular formula is C25H41N5O6. The fourth-order valence-corrected chi connectivity index (χ4v) is 4.29. The van der Waals surface area contributed by atoms with Crippen LogP contribution in [0, 0.1) is 17.3 Å².